The first kappa shape index (κ1) is 23.6. The number of benzene rings is 2. The SMILES string of the molecule is Cc1c(C(=O)O)ccc2c1CC[C@@H]2NCc1cc(C(=O)NCc2ccc(F)c(F)c2)nc2ccnn12. The number of hydrogen-bond donors (Lipinski definition) is 3. The van der Waals surface area contributed by atoms with Crippen molar-refractivity contribution in [3.63, 3.8) is 0 Å². The molecule has 0 spiro atoms. The van der Waals surface area contributed by atoms with Crippen LogP contribution in [0.4, 0.5) is 8.78 Å². The van der Waals surface area contributed by atoms with E-state index in [0.29, 0.717) is 23.3 Å². The third kappa shape index (κ3) is 4.42. The van der Waals surface area contributed by atoms with Gasteiger partial charge in [-0.15, -0.1) is 0 Å². The van der Waals surface area contributed by atoms with Crippen molar-refractivity contribution in [2.45, 2.75) is 38.9 Å². The van der Waals surface area contributed by atoms with Crippen molar-refractivity contribution in [1.29, 1.82) is 0 Å². The van der Waals surface area contributed by atoms with E-state index in [2.05, 4.69) is 20.7 Å². The number of carbonyl (C=O) groups is 2. The lowest BCUT2D eigenvalue weighted by Gasteiger charge is -2.16. The number of nitrogens with one attached hydrogen (secondary N) is 2. The van der Waals surface area contributed by atoms with Gasteiger partial charge in [-0.05, 0) is 66.3 Å². The van der Waals surface area contributed by atoms with E-state index < -0.39 is 23.5 Å². The normalized spacial score (nSPS) is 14.7. The average molecular weight is 491 g/mol. The van der Waals surface area contributed by atoms with Gasteiger partial charge in [-0.3, -0.25) is 4.79 Å². The van der Waals surface area contributed by atoms with Crippen LogP contribution in [0.2, 0.25) is 0 Å². The molecule has 1 amide bonds. The van der Waals surface area contributed by atoms with Crippen LogP contribution < -0.4 is 10.6 Å². The smallest absolute Gasteiger partial charge is 0.335 e. The van der Waals surface area contributed by atoms with Crippen molar-refractivity contribution in [2.24, 2.45) is 0 Å². The molecule has 0 bridgehead atoms. The molecule has 184 valence electrons. The maximum absolute atomic E-state index is 13.5. The predicted molar refractivity (Wildman–Crippen MR) is 127 cm³/mol. The van der Waals surface area contributed by atoms with Gasteiger partial charge in [0.25, 0.3) is 5.91 Å². The Balaban J connectivity index is 1.33. The van der Waals surface area contributed by atoms with Gasteiger partial charge in [0.05, 0.1) is 17.5 Å². The zero-order valence-corrected chi connectivity index (χ0v) is 19.4. The lowest BCUT2D eigenvalue weighted by Crippen LogP contribution is -2.26. The molecule has 8 nitrogen and oxygen atoms in total. The topological polar surface area (TPSA) is 109 Å². The summed E-state index contributed by atoms with van der Waals surface area (Å²) in [6.45, 7) is 2.26. The van der Waals surface area contributed by atoms with Crippen LogP contribution in [-0.4, -0.2) is 31.6 Å². The summed E-state index contributed by atoms with van der Waals surface area (Å²) in [7, 11) is 0. The maximum atomic E-state index is 13.5. The Bertz CT molecular complexity index is 1500. The molecule has 2 heterocycles. The van der Waals surface area contributed by atoms with Gasteiger partial charge in [0.15, 0.2) is 17.3 Å². The number of aromatic nitrogens is 3. The third-order valence-electron chi connectivity index (χ3n) is 6.56. The molecule has 0 aliphatic heterocycles. The second kappa shape index (κ2) is 9.46. The Hall–Kier alpha value is -4.18. The van der Waals surface area contributed by atoms with Crippen LogP contribution in [0.1, 0.15) is 61.3 Å². The highest BCUT2D eigenvalue weighted by molar-refractivity contribution is 5.92. The number of carbonyl (C=O) groups excluding carboxylic acids is 1. The van der Waals surface area contributed by atoms with Gasteiger partial charge < -0.3 is 15.7 Å². The number of carboxylic acid groups (broad SMARTS) is 1. The van der Waals surface area contributed by atoms with Gasteiger partial charge in [-0.2, -0.15) is 5.10 Å². The highest BCUT2D eigenvalue weighted by Crippen LogP contribution is 2.34. The Morgan fingerprint density at radius 2 is 1.94 bits per heavy atom. The molecule has 3 N–H and O–H groups in total. The minimum atomic E-state index is -0.975. The summed E-state index contributed by atoms with van der Waals surface area (Å²) in [5, 5.41) is 19.9. The number of halogens is 2. The summed E-state index contributed by atoms with van der Waals surface area (Å²) < 4.78 is 28.3. The van der Waals surface area contributed by atoms with E-state index in [1.54, 1.807) is 28.9 Å². The van der Waals surface area contributed by atoms with Crippen molar-refractivity contribution in [2.75, 3.05) is 0 Å². The first-order valence-corrected chi connectivity index (χ1v) is 11.5. The summed E-state index contributed by atoms with van der Waals surface area (Å²) in [6, 6.07) is 10.3. The first-order valence-electron chi connectivity index (χ1n) is 11.5. The monoisotopic (exact) mass is 491 g/mol. The van der Waals surface area contributed by atoms with E-state index in [1.165, 1.54) is 6.07 Å². The molecule has 1 atom stereocenters. The molecule has 1 aliphatic carbocycles. The Labute approximate surface area is 205 Å². The van der Waals surface area contributed by atoms with Gasteiger partial charge >= 0.3 is 5.97 Å². The van der Waals surface area contributed by atoms with E-state index in [0.717, 1.165) is 47.4 Å². The molecule has 2 aromatic carbocycles. The number of carboxylic acids is 1. The van der Waals surface area contributed by atoms with Crippen molar-refractivity contribution >= 4 is 17.5 Å². The quantitative estimate of drug-likeness (QED) is 0.364. The van der Waals surface area contributed by atoms with Crippen LogP contribution in [-0.2, 0) is 19.5 Å². The van der Waals surface area contributed by atoms with Gasteiger partial charge in [-0.25, -0.2) is 23.1 Å². The molecule has 10 heteroatoms. The van der Waals surface area contributed by atoms with Crippen LogP contribution in [0.15, 0.2) is 48.7 Å². The number of fused-ring (bicyclic) bond motifs is 2. The lowest BCUT2D eigenvalue weighted by molar-refractivity contribution is 0.0695. The molecule has 0 fully saturated rings. The molecule has 4 aromatic rings. The summed E-state index contributed by atoms with van der Waals surface area (Å²) >= 11 is 0. The first-order chi connectivity index (χ1) is 17.3. The molecule has 0 saturated carbocycles. The molecule has 5 rings (SSSR count). The molecule has 0 saturated heterocycles. The van der Waals surface area contributed by atoms with Crippen molar-refractivity contribution in [1.82, 2.24) is 25.2 Å². The van der Waals surface area contributed by atoms with Gasteiger partial charge in [-0.1, -0.05) is 12.1 Å². The highest BCUT2D eigenvalue weighted by atomic mass is 19.2. The van der Waals surface area contributed by atoms with Gasteiger partial charge in [0, 0.05) is 25.2 Å². The molecule has 1 aliphatic rings. The molecule has 2 aromatic heterocycles. The van der Waals surface area contributed by atoms with Crippen LogP contribution in [0.25, 0.3) is 5.65 Å². The Morgan fingerprint density at radius 1 is 1.11 bits per heavy atom. The van der Waals surface area contributed by atoms with Gasteiger partial charge in [0.1, 0.15) is 5.69 Å². The fourth-order valence-electron chi connectivity index (χ4n) is 4.69. The van der Waals surface area contributed by atoms with E-state index in [4.69, 9.17) is 0 Å². The summed E-state index contributed by atoms with van der Waals surface area (Å²) in [6.07, 6.45) is 3.20. The number of aromatic carboxylic acids is 1. The third-order valence-corrected chi connectivity index (χ3v) is 6.56. The van der Waals surface area contributed by atoms with Crippen LogP contribution in [0.3, 0.4) is 0 Å². The van der Waals surface area contributed by atoms with E-state index in [1.807, 2.05) is 13.0 Å². The summed E-state index contributed by atoms with van der Waals surface area (Å²) in [5.74, 6) is -3.30. The van der Waals surface area contributed by atoms with E-state index in [9.17, 15) is 23.5 Å². The fraction of sp³-hybridized carbons (Fsp3) is 0.231. The zero-order valence-electron chi connectivity index (χ0n) is 19.4. The number of rotatable bonds is 7. The van der Waals surface area contributed by atoms with E-state index >= 15 is 0 Å². The predicted octanol–water partition coefficient (Wildman–Crippen LogP) is 3.72. The molecular weight excluding hydrogens is 468 g/mol. The zero-order chi connectivity index (χ0) is 25.4. The number of hydrogen-bond acceptors (Lipinski definition) is 5. The number of amides is 1. The van der Waals surface area contributed by atoms with E-state index in [-0.39, 0.29) is 18.3 Å². The van der Waals surface area contributed by atoms with Crippen LogP contribution >= 0.6 is 0 Å². The molecule has 0 unspecified atom stereocenters. The standard InChI is InChI=1S/C26H23F2N5O3/c1-14-17-5-7-22(19(17)4-3-18(14)26(35)36)29-13-16-11-23(32-24-8-9-31-33(16)24)25(34)30-12-15-2-6-20(27)21(28)10-15/h2-4,6,8-11,22,29H,5,7,12-13H2,1H3,(H,30,34)(H,35,36)/t22-/m0/s1. The summed E-state index contributed by atoms with van der Waals surface area (Å²) in [5.41, 5.74) is 5.07. The fourth-order valence-corrected chi connectivity index (χ4v) is 4.69. The second-order valence-electron chi connectivity index (χ2n) is 8.75. The Morgan fingerprint density at radius 3 is 2.72 bits per heavy atom. The highest BCUT2D eigenvalue weighted by Gasteiger charge is 2.26. The summed E-state index contributed by atoms with van der Waals surface area (Å²) in [4.78, 5) is 28.6. The maximum Gasteiger partial charge on any atom is 0.335 e. The van der Waals surface area contributed by atoms with Crippen molar-refractivity contribution in [3.05, 3.63) is 99.5 Å². The molecule has 36 heavy (non-hydrogen) atoms. The lowest BCUT2D eigenvalue weighted by atomic mass is 9.98. The average Bonchev–Trinajstić information content (AvgIpc) is 3.50. The molecular formula is C26H23F2N5O3. The van der Waals surface area contributed by atoms with Crippen LogP contribution in [0.5, 0.6) is 0 Å². The molecule has 0 radical (unpaired) electrons. The minimum absolute atomic E-state index is 0.0201. The Kier molecular flexibility index (Phi) is 6.19. The van der Waals surface area contributed by atoms with Crippen molar-refractivity contribution in [3.8, 4) is 0 Å². The second-order valence-corrected chi connectivity index (χ2v) is 8.75. The van der Waals surface area contributed by atoms with Crippen molar-refractivity contribution < 1.29 is 23.5 Å². The number of nitrogens with zero attached hydrogens (tertiary/aromatic N) is 3. The largest absolute Gasteiger partial charge is 0.478 e. The van der Waals surface area contributed by atoms with Crippen LogP contribution in [0, 0.1) is 18.6 Å². The van der Waals surface area contributed by atoms with Gasteiger partial charge in [0.2, 0.25) is 0 Å². The minimum Gasteiger partial charge on any atom is -0.478 e.